The standard InChI is InChI=1S/C20H28N2O6S/c1-13(9-14-5-8-19(27-2)20(10-14)28-3)21-11-18(24)15-6-7-17(23)16(22-15)12-29(4,25)26/h5-8,10,13,18,21,23-24H,9,11-12H2,1-4H3. The van der Waals surface area contributed by atoms with Crippen LogP contribution in [0.1, 0.15) is 30.0 Å². The first-order valence-electron chi connectivity index (χ1n) is 9.11. The summed E-state index contributed by atoms with van der Waals surface area (Å²) in [5.74, 6) is 0.725. The van der Waals surface area contributed by atoms with Crippen LogP contribution in [0.15, 0.2) is 30.3 Å². The van der Waals surface area contributed by atoms with Gasteiger partial charge < -0.3 is 25.0 Å². The van der Waals surface area contributed by atoms with Gasteiger partial charge in [0.15, 0.2) is 21.3 Å². The first-order valence-corrected chi connectivity index (χ1v) is 11.2. The number of pyridine rings is 1. The summed E-state index contributed by atoms with van der Waals surface area (Å²) in [6.45, 7) is 2.22. The Bertz CT molecular complexity index is 933. The Balaban J connectivity index is 1.98. The van der Waals surface area contributed by atoms with Crippen molar-refractivity contribution in [2.24, 2.45) is 0 Å². The molecule has 0 amide bonds. The molecule has 0 aliphatic carbocycles. The molecular weight excluding hydrogens is 396 g/mol. The smallest absolute Gasteiger partial charge is 0.160 e. The van der Waals surface area contributed by atoms with Crippen LogP contribution in [-0.2, 0) is 22.0 Å². The number of hydrogen-bond acceptors (Lipinski definition) is 8. The van der Waals surface area contributed by atoms with Gasteiger partial charge in [0.2, 0.25) is 0 Å². The zero-order valence-corrected chi connectivity index (χ0v) is 17.9. The van der Waals surface area contributed by atoms with Crippen molar-refractivity contribution < 1.29 is 28.1 Å². The second kappa shape index (κ2) is 9.91. The number of aromatic nitrogens is 1. The Morgan fingerprint density at radius 3 is 2.45 bits per heavy atom. The fourth-order valence-corrected chi connectivity index (χ4v) is 3.61. The van der Waals surface area contributed by atoms with Crippen molar-refractivity contribution >= 4 is 9.84 Å². The normalized spacial score (nSPS) is 13.7. The quantitative estimate of drug-likeness (QED) is 0.526. The lowest BCUT2D eigenvalue weighted by atomic mass is 10.1. The number of aliphatic hydroxyl groups excluding tert-OH is 1. The SMILES string of the molecule is COc1ccc(CC(C)NCC(O)c2ccc(O)c(CS(C)(=O)=O)n2)cc1OC. The molecule has 0 saturated heterocycles. The Hall–Kier alpha value is -2.36. The third kappa shape index (κ3) is 6.88. The molecule has 0 bridgehead atoms. The Morgan fingerprint density at radius 1 is 1.14 bits per heavy atom. The van der Waals surface area contributed by atoms with E-state index in [0.717, 1.165) is 11.8 Å². The molecule has 1 heterocycles. The molecule has 1 aromatic carbocycles. The van der Waals surface area contributed by atoms with Crippen molar-refractivity contribution in [1.82, 2.24) is 10.3 Å². The highest BCUT2D eigenvalue weighted by Gasteiger charge is 2.16. The van der Waals surface area contributed by atoms with E-state index in [2.05, 4.69) is 10.3 Å². The van der Waals surface area contributed by atoms with Crippen LogP contribution < -0.4 is 14.8 Å². The number of benzene rings is 1. The van der Waals surface area contributed by atoms with Crippen LogP contribution in [0.5, 0.6) is 17.2 Å². The van der Waals surface area contributed by atoms with Gasteiger partial charge in [0.05, 0.1) is 31.4 Å². The monoisotopic (exact) mass is 424 g/mol. The van der Waals surface area contributed by atoms with Crippen LogP contribution in [0.2, 0.25) is 0 Å². The van der Waals surface area contributed by atoms with Crippen molar-refractivity contribution in [3.8, 4) is 17.2 Å². The fourth-order valence-electron chi connectivity index (χ4n) is 2.90. The number of aliphatic hydroxyl groups is 1. The van der Waals surface area contributed by atoms with Crippen LogP contribution in [0.25, 0.3) is 0 Å². The maximum absolute atomic E-state index is 11.5. The average Bonchev–Trinajstić information content (AvgIpc) is 2.66. The maximum Gasteiger partial charge on any atom is 0.160 e. The highest BCUT2D eigenvalue weighted by molar-refractivity contribution is 7.89. The predicted molar refractivity (Wildman–Crippen MR) is 110 cm³/mol. The van der Waals surface area contributed by atoms with Gasteiger partial charge in [-0.1, -0.05) is 6.07 Å². The second-order valence-electron chi connectivity index (χ2n) is 6.99. The van der Waals surface area contributed by atoms with Gasteiger partial charge in [-0.2, -0.15) is 0 Å². The minimum Gasteiger partial charge on any atom is -0.506 e. The Labute approximate surface area is 171 Å². The molecule has 2 atom stereocenters. The second-order valence-corrected chi connectivity index (χ2v) is 9.13. The van der Waals surface area contributed by atoms with Gasteiger partial charge in [-0.05, 0) is 43.2 Å². The minimum atomic E-state index is -3.35. The maximum atomic E-state index is 11.5. The molecule has 29 heavy (non-hydrogen) atoms. The largest absolute Gasteiger partial charge is 0.506 e. The average molecular weight is 425 g/mol. The molecule has 9 heteroatoms. The van der Waals surface area contributed by atoms with Gasteiger partial charge >= 0.3 is 0 Å². The van der Waals surface area contributed by atoms with E-state index in [1.807, 2.05) is 25.1 Å². The molecule has 2 unspecified atom stereocenters. The lowest BCUT2D eigenvalue weighted by molar-refractivity contribution is 0.165. The Morgan fingerprint density at radius 2 is 1.83 bits per heavy atom. The highest BCUT2D eigenvalue weighted by atomic mass is 32.2. The van der Waals surface area contributed by atoms with E-state index in [-0.39, 0.29) is 29.8 Å². The number of sulfone groups is 1. The zero-order valence-electron chi connectivity index (χ0n) is 17.0. The van der Waals surface area contributed by atoms with E-state index in [4.69, 9.17) is 9.47 Å². The third-order valence-corrected chi connectivity index (χ3v) is 5.16. The van der Waals surface area contributed by atoms with Crippen molar-refractivity contribution in [2.45, 2.75) is 31.2 Å². The van der Waals surface area contributed by atoms with Crippen LogP contribution in [0, 0.1) is 0 Å². The summed E-state index contributed by atoms with van der Waals surface area (Å²) in [6.07, 6.45) is 0.825. The summed E-state index contributed by atoms with van der Waals surface area (Å²) in [6, 6.07) is 8.59. The molecule has 1 aromatic heterocycles. The topological polar surface area (TPSA) is 118 Å². The van der Waals surface area contributed by atoms with Crippen molar-refractivity contribution in [3.63, 3.8) is 0 Å². The van der Waals surface area contributed by atoms with Crippen molar-refractivity contribution in [2.75, 3.05) is 27.0 Å². The molecule has 0 aliphatic heterocycles. The van der Waals surface area contributed by atoms with Gasteiger partial charge in [-0.3, -0.25) is 4.98 Å². The van der Waals surface area contributed by atoms with Gasteiger partial charge in [-0.25, -0.2) is 8.42 Å². The van der Waals surface area contributed by atoms with Gasteiger partial charge in [0, 0.05) is 18.8 Å². The number of nitrogens with zero attached hydrogens (tertiary/aromatic N) is 1. The first-order chi connectivity index (χ1) is 13.6. The van der Waals surface area contributed by atoms with Gasteiger partial charge in [0.1, 0.15) is 11.9 Å². The molecule has 0 fully saturated rings. The summed E-state index contributed by atoms with van der Waals surface area (Å²) in [7, 11) is -0.181. The number of methoxy groups -OCH3 is 2. The van der Waals surface area contributed by atoms with E-state index < -0.39 is 15.9 Å². The van der Waals surface area contributed by atoms with E-state index in [1.54, 1.807) is 14.2 Å². The molecule has 2 rings (SSSR count). The zero-order chi connectivity index (χ0) is 21.6. The molecule has 0 spiro atoms. The fraction of sp³-hybridized carbons (Fsp3) is 0.450. The van der Waals surface area contributed by atoms with Crippen molar-refractivity contribution in [3.05, 3.63) is 47.3 Å². The summed E-state index contributed by atoms with van der Waals surface area (Å²) in [5, 5.41) is 23.4. The van der Waals surface area contributed by atoms with Crippen LogP contribution in [-0.4, -0.2) is 56.7 Å². The summed E-state index contributed by atoms with van der Waals surface area (Å²) in [4.78, 5) is 4.11. The third-order valence-electron chi connectivity index (χ3n) is 4.36. The summed E-state index contributed by atoms with van der Waals surface area (Å²) >= 11 is 0. The lowest BCUT2D eigenvalue weighted by Gasteiger charge is -2.18. The number of nitrogens with one attached hydrogen (secondary N) is 1. The van der Waals surface area contributed by atoms with Gasteiger partial charge in [-0.15, -0.1) is 0 Å². The summed E-state index contributed by atoms with van der Waals surface area (Å²) in [5.41, 5.74) is 1.38. The van der Waals surface area contributed by atoms with Crippen molar-refractivity contribution in [1.29, 1.82) is 0 Å². The molecule has 0 radical (unpaired) electrons. The van der Waals surface area contributed by atoms with Crippen LogP contribution >= 0.6 is 0 Å². The van der Waals surface area contributed by atoms with E-state index >= 15 is 0 Å². The molecule has 8 nitrogen and oxygen atoms in total. The summed E-state index contributed by atoms with van der Waals surface area (Å²) < 4.78 is 33.5. The molecule has 0 saturated carbocycles. The molecule has 3 N–H and O–H groups in total. The molecule has 160 valence electrons. The first kappa shape index (κ1) is 22.9. The lowest BCUT2D eigenvalue weighted by Crippen LogP contribution is -2.32. The van der Waals surface area contributed by atoms with E-state index in [0.29, 0.717) is 23.6 Å². The number of aromatic hydroxyl groups is 1. The van der Waals surface area contributed by atoms with Crippen LogP contribution in [0.3, 0.4) is 0 Å². The Kier molecular flexibility index (Phi) is 7.83. The van der Waals surface area contributed by atoms with Crippen LogP contribution in [0.4, 0.5) is 0 Å². The minimum absolute atomic E-state index is 0.0300. The van der Waals surface area contributed by atoms with E-state index in [9.17, 15) is 18.6 Å². The molecule has 0 aliphatic rings. The van der Waals surface area contributed by atoms with Gasteiger partial charge in [0.25, 0.3) is 0 Å². The predicted octanol–water partition coefficient (Wildman–Crippen LogP) is 1.60. The number of hydrogen-bond donors (Lipinski definition) is 3. The van der Waals surface area contributed by atoms with E-state index in [1.165, 1.54) is 12.1 Å². The molecular formula is C20H28N2O6S. The highest BCUT2D eigenvalue weighted by Crippen LogP contribution is 2.28. The number of ether oxygens (including phenoxy) is 2. The molecule has 2 aromatic rings. The number of rotatable bonds is 10.